The molecule has 2 aromatic heterocycles. The molecule has 2 heteroatoms. The maximum Gasteiger partial charge on any atom is 0.0541 e. The molecule has 39 heavy (non-hydrogen) atoms. The van der Waals surface area contributed by atoms with Crippen molar-refractivity contribution in [2.75, 3.05) is 0 Å². The van der Waals surface area contributed by atoms with Crippen molar-refractivity contribution in [1.29, 1.82) is 0 Å². The fraction of sp³-hybridized carbons (Fsp3) is 0.0811. The largest absolute Gasteiger partial charge is 0.313 e. The zero-order valence-corrected chi connectivity index (χ0v) is 21.9. The first-order valence-electron chi connectivity index (χ1n) is 13.8. The van der Waals surface area contributed by atoms with Crippen LogP contribution < -0.4 is 0 Å². The molecule has 0 saturated heterocycles. The van der Waals surface area contributed by atoms with Crippen LogP contribution in [0.1, 0.15) is 18.2 Å². The SMILES string of the molecule is CC1C=Cc2c(n(-c3cccc(-c4cccc(-n5c6ccccc6c6ccccc65)c4)c3)c3ccccc23)C1. The highest BCUT2D eigenvalue weighted by molar-refractivity contribution is 6.09. The monoisotopic (exact) mass is 500 g/mol. The zero-order valence-electron chi connectivity index (χ0n) is 21.9. The number of hydrogen-bond donors (Lipinski definition) is 0. The zero-order chi connectivity index (χ0) is 25.9. The minimum Gasteiger partial charge on any atom is -0.313 e. The van der Waals surface area contributed by atoms with Crippen LogP contribution in [0.2, 0.25) is 0 Å². The summed E-state index contributed by atoms with van der Waals surface area (Å²) < 4.78 is 4.87. The molecule has 2 nitrogen and oxygen atoms in total. The van der Waals surface area contributed by atoms with Crippen LogP contribution in [0, 0.1) is 5.92 Å². The molecule has 0 saturated carbocycles. The van der Waals surface area contributed by atoms with Crippen LogP contribution in [0.25, 0.3) is 61.3 Å². The van der Waals surface area contributed by atoms with Gasteiger partial charge in [-0.1, -0.05) is 97.9 Å². The molecular weight excluding hydrogens is 472 g/mol. The number of rotatable bonds is 3. The van der Waals surface area contributed by atoms with Crippen LogP contribution in [0.15, 0.2) is 127 Å². The summed E-state index contributed by atoms with van der Waals surface area (Å²) in [6, 6.07) is 44.2. The summed E-state index contributed by atoms with van der Waals surface area (Å²) in [6.45, 7) is 2.30. The molecule has 1 aliphatic carbocycles. The van der Waals surface area contributed by atoms with Gasteiger partial charge in [-0.05, 0) is 65.9 Å². The topological polar surface area (TPSA) is 9.86 Å². The second-order valence-corrected chi connectivity index (χ2v) is 10.7. The Balaban J connectivity index is 1.30. The lowest BCUT2D eigenvalue weighted by atomic mass is 9.94. The van der Waals surface area contributed by atoms with Crippen LogP contribution >= 0.6 is 0 Å². The van der Waals surface area contributed by atoms with Crippen LogP contribution in [0.4, 0.5) is 0 Å². The van der Waals surface area contributed by atoms with Crippen molar-refractivity contribution in [2.24, 2.45) is 5.92 Å². The summed E-state index contributed by atoms with van der Waals surface area (Å²) in [4.78, 5) is 0. The number of allylic oxidation sites excluding steroid dienone is 1. The van der Waals surface area contributed by atoms with Crippen LogP contribution in [0.5, 0.6) is 0 Å². The molecule has 7 aromatic rings. The number of fused-ring (bicyclic) bond motifs is 6. The lowest BCUT2D eigenvalue weighted by Gasteiger charge is -2.18. The van der Waals surface area contributed by atoms with Crippen molar-refractivity contribution in [3.63, 3.8) is 0 Å². The van der Waals surface area contributed by atoms with E-state index in [1.54, 1.807) is 0 Å². The number of aromatic nitrogens is 2. The van der Waals surface area contributed by atoms with Crippen molar-refractivity contribution in [1.82, 2.24) is 9.13 Å². The lowest BCUT2D eigenvalue weighted by Crippen LogP contribution is -2.08. The van der Waals surface area contributed by atoms with Gasteiger partial charge in [-0.25, -0.2) is 0 Å². The highest BCUT2D eigenvalue weighted by atomic mass is 15.0. The summed E-state index contributed by atoms with van der Waals surface area (Å²) >= 11 is 0. The highest BCUT2D eigenvalue weighted by Crippen LogP contribution is 2.37. The van der Waals surface area contributed by atoms with Gasteiger partial charge in [0.25, 0.3) is 0 Å². The summed E-state index contributed by atoms with van der Waals surface area (Å²) in [5.74, 6) is 0.534. The Morgan fingerprint density at radius 3 is 1.67 bits per heavy atom. The Kier molecular flexibility index (Phi) is 4.90. The molecule has 0 spiro atoms. The van der Waals surface area contributed by atoms with E-state index in [9.17, 15) is 0 Å². The van der Waals surface area contributed by atoms with Crippen molar-refractivity contribution in [3.8, 4) is 22.5 Å². The van der Waals surface area contributed by atoms with Gasteiger partial charge in [-0.3, -0.25) is 0 Å². The maximum atomic E-state index is 2.48. The smallest absolute Gasteiger partial charge is 0.0541 e. The third-order valence-corrected chi connectivity index (χ3v) is 8.24. The average molecular weight is 501 g/mol. The molecule has 8 rings (SSSR count). The van der Waals surface area contributed by atoms with Crippen LogP contribution in [-0.4, -0.2) is 9.13 Å². The van der Waals surface area contributed by atoms with Crippen molar-refractivity contribution >= 4 is 38.8 Å². The van der Waals surface area contributed by atoms with Gasteiger partial charge in [0.2, 0.25) is 0 Å². The summed E-state index contributed by atoms with van der Waals surface area (Å²) in [6.07, 6.45) is 5.71. The van der Waals surface area contributed by atoms with E-state index in [0.717, 1.165) is 6.42 Å². The maximum absolute atomic E-state index is 2.48. The van der Waals surface area contributed by atoms with Crippen molar-refractivity contribution in [3.05, 3.63) is 139 Å². The normalized spacial score (nSPS) is 14.8. The molecular formula is C37H28N2. The first-order valence-corrected chi connectivity index (χ1v) is 13.8. The molecule has 0 fully saturated rings. The molecule has 0 bridgehead atoms. The van der Waals surface area contributed by atoms with E-state index in [2.05, 4.69) is 150 Å². The van der Waals surface area contributed by atoms with E-state index in [4.69, 9.17) is 0 Å². The Morgan fingerprint density at radius 2 is 1.05 bits per heavy atom. The van der Waals surface area contributed by atoms with E-state index in [0.29, 0.717) is 5.92 Å². The molecule has 0 radical (unpaired) electrons. The predicted octanol–water partition coefficient (Wildman–Crippen LogP) is 9.60. The van der Waals surface area contributed by atoms with Gasteiger partial charge >= 0.3 is 0 Å². The van der Waals surface area contributed by atoms with Gasteiger partial charge in [0.05, 0.1) is 16.6 Å². The van der Waals surface area contributed by atoms with Gasteiger partial charge in [-0.2, -0.15) is 0 Å². The average Bonchev–Trinajstić information content (AvgIpc) is 3.50. The highest BCUT2D eigenvalue weighted by Gasteiger charge is 2.21. The summed E-state index contributed by atoms with van der Waals surface area (Å²) in [7, 11) is 0. The Hall–Kier alpha value is -4.82. The number of para-hydroxylation sites is 3. The molecule has 186 valence electrons. The molecule has 0 amide bonds. The molecule has 0 aliphatic heterocycles. The first-order chi connectivity index (χ1) is 19.3. The molecule has 1 aliphatic rings. The molecule has 5 aromatic carbocycles. The molecule has 2 heterocycles. The third-order valence-electron chi connectivity index (χ3n) is 8.24. The number of benzene rings is 5. The first kappa shape index (κ1) is 22.2. The minimum atomic E-state index is 0.534. The summed E-state index contributed by atoms with van der Waals surface area (Å²) in [5, 5.41) is 3.90. The lowest BCUT2D eigenvalue weighted by molar-refractivity contribution is 0.690. The van der Waals surface area contributed by atoms with Gasteiger partial charge in [0.1, 0.15) is 0 Å². The fourth-order valence-corrected chi connectivity index (χ4v) is 6.48. The van der Waals surface area contributed by atoms with Gasteiger partial charge < -0.3 is 9.13 Å². The van der Waals surface area contributed by atoms with E-state index in [-0.39, 0.29) is 0 Å². The van der Waals surface area contributed by atoms with E-state index in [1.165, 1.54) is 66.5 Å². The minimum absolute atomic E-state index is 0.534. The standard InChI is InChI=1S/C37H28N2/c1-25-20-21-33-32-16-4-7-19-36(32)39(37(33)22-25)29-13-9-11-27(24-29)26-10-8-12-28(23-26)38-34-17-5-2-14-30(34)31-15-3-6-18-35(31)38/h2-21,23-25H,22H2,1H3. The van der Waals surface area contributed by atoms with Gasteiger partial charge in [0.15, 0.2) is 0 Å². The van der Waals surface area contributed by atoms with Crippen molar-refractivity contribution < 1.29 is 0 Å². The predicted molar refractivity (Wildman–Crippen MR) is 165 cm³/mol. The van der Waals surface area contributed by atoms with E-state index < -0.39 is 0 Å². The fourth-order valence-electron chi connectivity index (χ4n) is 6.48. The molecule has 0 N–H and O–H groups in total. The van der Waals surface area contributed by atoms with Gasteiger partial charge in [-0.15, -0.1) is 0 Å². The van der Waals surface area contributed by atoms with Crippen LogP contribution in [-0.2, 0) is 6.42 Å². The second-order valence-electron chi connectivity index (χ2n) is 10.7. The van der Waals surface area contributed by atoms with Gasteiger partial charge in [0, 0.05) is 38.8 Å². The molecule has 1 atom stereocenters. The van der Waals surface area contributed by atoms with Crippen molar-refractivity contribution in [2.45, 2.75) is 13.3 Å². The third kappa shape index (κ3) is 3.42. The molecule has 1 unspecified atom stereocenters. The second kappa shape index (κ2) is 8.61. The van der Waals surface area contributed by atoms with Crippen LogP contribution in [0.3, 0.4) is 0 Å². The quantitative estimate of drug-likeness (QED) is 0.229. The van der Waals surface area contributed by atoms with E-state index >= 15 is 0 Å². The number of hydrogen-bond acceptors (Lipinski definition) is 0. The Bertz CT molecular complexity index is 2010. The summed E-state index contributed by atoms with van der Waals surface area (Å²) in [5.41, 5.74) is 11.3. The van der Waals surface area contributed by atoms with E-state index in [1.807, 2.05) is 0 Å². The Morgan fingerprint density at radius 1 is 0.538 bits per heavy atom. The Labute approximate surface area is 228 Å². The number of nitrogens with zero attached hydrogens (tertiary/aromatic N) is 2.